The first-order valence-corrected chi connectivity index (χ1v) is 8.00. The number of anilines is 1. The summed E-state index contributed by atoms with van der Waals surface area (Å²) in [6, 6.07) is 13.8. The van der Waals surface area contributed by atoms with Gasteiger partial charge in [0.05, 0.1) is 0 Å². The van der Waals surface area contributed by atoms with Gasteiger partial charge >= 0.3 is 5.91 Å². The van der Waals surface area contributed by atoms with Crippen molar-refractivity contribution in [3.8, 4) is 0 Å². The number of carbonyl (C=O) groups is 1. The van der Waals surface area contributed by atoms with Gasteiger partial charge in [-0.25, -0.2) is 0 Å². The van der Waals surface area contributed by atoms with Crippen LogP contribution in [0, 0.1) is 0 Å². The summed E-state index contributed by atoms with van der Waals surface area (Å²) in [4.78, 5) is 12.1. The maximum atomic E-state index is 12.1. The van der Waals surface area contributed by atoms with Gasteiger partial charge in [0, 0.05) is 21.1 Å². The number of halogens is 2. The molecule has 5 nitrogen and oxygen atoms in total. The molecule has 0 radical (unpaired) electrons. The first-order valence-electron chi connectivity index (χ1n) is 6.83. The number of furan rings is 1. The number of hydrazine groups is 1. The lowest BCUT2D eigenvalue weighted by atomic mass is 10.2. The van der Waals surface area contributed by atoms with Gasteiger partial charge in [-0.1, -0.05) is 29.3 Å². The zero-order chi connectivity index (χ0) is 17.1. The topological polar surface area (TPSA) is 66.3 Å². The highest BCUT2D eigenvalue weighted by Gasteiger charge is 2.12. The SMILES string of the molecule is O=C(NNC(=S)Nc1cccc(Cl)c1)c1cc2cc(Cl)ccc2o1. The van der Waals surface area contributed by atoms with Crippen molar-refractivity contribution in [1.29, 1.82) is 0 Å². The second-order valence-corrected chi connectivity index (χ2v) is 6.12. The molecular formula is C16H11Cl2N3O2S. The molecule has 3 rings (SSSR count). The zero-order valence-electron chi connectivity index (χ0n) is 12.1. The van der Waals surface area contributed by atoms with E-state index in [-0.39, 0.29) is 10.9 Å². The van der Waals surface area contributed by atoms with E-state index in [1.54, 1.807) is 48.5 Å². The molecule has 0 saturated carbocycles. The monoisotopic (exact) mass is 379 g/mol. The van der Waals surface area contributed by atoms with Crippen LogP contribution in [-0.4, -0.2) is 11.0 Å². The van der Waals surface area contributed by atoms with E-state index < -0.39 is 5.91 Å². The van der Waals surface area contributed by atoms with Crippen LogP contribution in [0.5, 0.6) is 0 Å². The largest absolute Gasteiger partial charge is 0.451 e. The third-order valence-corrected chi connectivity index (χ3v) is 3.75. The molecule has 3 N–H and O–H groups in total. The molecule has 1 aromatic heterocycles. The maximum absolute atomic E-state index is 12.1. The second-order valence-electron chi connectivity index (χ2n) is 4.84. The van der Waals surface area contributed by atoms with Gasteiger partial charge in [-0.15, -0.1) is 0 Å². The first kappa shape index (κ1) is 16.6. The smallest absolute Gasteiger partial charge is 0.305 e. The number of hydrogen-bond acceptors (Lipinski definition) is 3. The lowest BCUT2D eigenvalue weighted by Gasteiger charge is -2.10. The highest BCUT2D eigenvalue weighted by Crippen LogP contribution is 2.22. The van der Waals surface area contributed by atoms with Crippen molar-refractivity contribution >= 4 is 63.1 Å². The molecule has 0 unspecified atom stereocenters. The minimum absolute atomic E-state index is 0.144. The van der Waals surface area contributed by atoms with E-state index in [1.165, 1.54) is 0 Å². The minimum atomic E-state index is -0.461. The van der Waals surface area contributed by atoms with Crippen LogP contribution in [0.25, 0.3) is 11.0 Å². The van der Waals surface area contributed by atoms with Gasteiger partial charge in [0.2, 0.25) is 0 Å². The third kappa shape index (κ3) is 3.97. The molecule has 0 aliphatic heterocycles. The van der Waals surface area contributed by atoms with Crippen molar-refractivity contribution in [2.45, 2.75) is 0 Å². The van der Waals surface area contributed by atoms with Gasteiger partial charge in [0.15, 0.2) is 10.9 Å². The van der Waals surface area contributed by atoms with Crippen LogP contribution in [0.3, 0.4) is 0 Å². The molecule has 8 heteroatoms. The lowest BCUT2D eigenvalue weighted by Crippen LogP contribution is -2.43. The molecule has 2 aromatic carbocycles. The Labute approximate surface area is 152 Å². The minimum Gasteiger partial charge on any atom is -0.451 e. The predicted octanol–water partition coefficient (Wildman–Crippen LogP) is 4.37. The van der Waals surface area contributed by atoms with E-state index in [0.29, 0.717) is 21.3 Å². The van der Waals surface area contributed by atoms with E-state index in [4.69, 9.17) is 39.8 Å². The molecule has 0 aliphatic rings. The molecule has 0 atom stereocenters. The number of rotatable bonds is 2. The highest BCUT2D eigenvalue weighted by molar-refractivity contribution is 7.80. The Bertz CT molecular complexity index is 927. The van der Waals surface area contributed by atoms with Crippen LogP contribution in [0.4, 0.5) is 5.69 Å². The summed E-state index contributed by atoms with van der Waals surface area (Å²) in [7, 11) is 0. The summed E-state index contributed by atoms with van der Waals surface area (Å²) >= 11 is 16.9. The third-order valence-electron chi connectivity index (χ3n) is 3.07. The molecule has 0 aliphatic carbocycles. The fourth-order valence-corrected chi connectivity index (χ4v) is 2.57. The normalized spacial score (nSPS) is 10.4. The number of amides is 1. The molecule has 1 amide bonds. The van der Waals surface area contributed by atoms with Gasteiger partial charge in [0.25, 0.3) is 0 Å². The average Bonchev–Trinajstić information content (AvgIpc) is 2.95. The van der Waals surface area contributed by atoms with Crippen LogP contribution in [-0.2, 0) is 0 Å². The van der Waals surface area contributed by atoms with Gasteiger partial charge < -0.3 is 9.73 Å². The van der Waals surface area contributed by atoms with E-state index in [2.05, 4.69) is 16.2 Å². The number of fused-ring (bicyclic) bond motifs is 1. The Morgan fingerprint density at radius 1 is 1.00 bits per heavy atom. The summed E-state index contributed by atoms with van der Waals surface area (Å²) in [6.07, 6.45) is 0. The molecule has 0 saturated heterocycles. The summed E-state index contributed by atoms with van der Waals surface area (Å²) in [6.45, 7) is 0. The van der Waals surface area contributed by atoms with Crippen molar-refractivity contribution in [2.75, 3.05) is 5.32 Å². The molecule has 3 aromatic rings. The van der Waals surface area contributed by atoms with Gasteiger partial charge in [-0.05, 0) is 54.7 Å². The molecule has 0 spiro atoms. The molecule has 0 fully saturated rings. The Morgan fingerprint density at radius 3 is 2.58 bits per heavy atom. The lowest BCUT2D eigenvalue weighted by molar-refractivity contribution is 0.0918. The summed E-state index contributed by atoms with van der Waals surface area (Å²) in [5.41, 5.74) is 6.33. The average molecular weight is 380 g/mol. The van der Waals surface area contributed by atoms with Gasteiger partial charge in [-0.3, -0.25) is 15.6 Å². The number of hydrogen-bond donors (Lipinski definition) is 3. The molecule has 1 heterocycles. The zero-order valence-corrected chi connectivity index (χ0v) is 14.4. The van der Waals surface area contributed by atoms with Crippen molar-refractivity contribution in [3.63, 3.8) is 0 Å². The fourth-order valence-electron chi connectivity index (χ4n) is 2.03. The maximum Gasteiger partial charge on any atom is 0.305 e. The van der Waals surface area contributed by atoms with Gasteiger partial charge in [0.1, 0.15) is 5.58 Å². The number of thiocarbonyl (C=S) groups is 1. The van der Waals surface area contributed by atoms with Crippen molar-refractivity contribution in [2.24, 2.45) is 0 Å². The van der Waals surface area contributed by atoms with Crippen molar-refractivity contribution in [3.05, 3.63) is 64.3 Å². The number of carbonyl (C=O) groups excluding carboxylic acids is 1. The van der Waals surface area contributed by atoms with E-state index in [1.807, 2.05) is 0 Å². The van der Waals surface area contributed by atoms with Crippen LogP contribution >= 0.6 is 35.4 Å². The Kier molecular flexibility index (Phi) is 4.89. The van der Waals surface area contributed by atoms with Crippen LogP contribution in [0.1, 0.15) is 10.6 Å². The fraction of sp³-hybridized carbons (Fsp3) is 0. The summed E-state index contributed by atoms with van der Waals surface area (Å²) < 4.78 is 5.46. The Balaban J connectivity index is 1.60. The molecule has 24 heavy (non-hydrogen) atoms. The van der Waals surface area contributed by atoms with Crippen molar-refractivity contribution in [1.82, 2.24) is 10.9 Å². The number of nitrogens with one attached hydrogen (secondary N) is 3. The Morgan fingerprint density at radius 2 is 1.79 bits per heavy atom. The quantitative estimate of drug-likeness (QED) is 0.455. The summed E-state index contributed by atoms with van der Waals surface area (Å²) in [5, 5.41) is 5.00. The Hall–Kier alpha value is -2.28. The summed E-state index contributed by atoms with van der Waals surface area (Å²) in [5.74, 6) is -0.317. The molecule has 122 valence electrons. The van der Waals surface area contributed by atoms with E-state index in [0.717, 1.165) is 5.39 Å². The van der Waals surface area contributed by atoms with Crippen molar-refractivity contribution < 1.29 is 9.21 Å². The van der Waals surface area contributed by atoms with Crippen LogP contribution in [0.2, 0.25) is 10.0 Å². The second kappa shape index (κ2) is 7.09. The van der Waals surface area contributed by atoms with Gasteiger partial charge in [-0.2, -0.15) is 0 Å². The molecule has 0 bridgehead atoms. The highest BCUT2D eigenvalue weighted by atomic mass is 35.5. The van der Waals surface area contributed by atoms with Crippen LogP contribution < -0.4 is 16.2 Å². The number of benzene rings is 2. The van der Waals surface area contributed by atoms with E-state index >= 15 is 0 Å². The molecular weight excluding hydrogens is 369 g/mol. The predicted molar refractivity (Wildman–Crippen MR) is 99.5 cm³/mol. The van der Waals surface area contributed by atoms with Crippen LogP contribution in [0.15, 0.2) is 52.9 Å². The standard InChI is InChI=1S/C16H11Cl2N3O2S/c17-10-2-1-3-12(8-10)19-16(24)21-20-15(22)14-7-9-6-11(18)4-5-13(9)23-14/h1-8H,(H,20,22)(H2,19,21,24). The first-order chi connectivity index (χ1) is 11.5. The van der Waals surface area contributed by atoms with E-state index in [9.17, 15) is 4.79 Å².